The van der Waals surface area contributed by atoms with E-state index in [0.717, 1.165) is 35.4 Å². The molecule has 0 aromatic carbocycles. The summed E-state index contributed by atoms with van der Waals surface area (Å²) in [5, 5.41) is 4.99. The quantitative estimate of drug-likeness (QED) is 0.883. The Kier molecular flexibility index (Phi) is 3.79. The lowest BCUT2D eigenvalue weighted by atomic mass is 9.73. The third kappa shape index (κ3) is 2.50. The SMILES string of the molecule is CC(C)C1CCC(N)C(c2c(Cl)cnn2C)C1. The Morgan fingerprint density at radius 2 is 2.18 bits per heavy atom. The van der Waals surface area contributed by atoms with Crippen LogP contribution in [0.4, 0.5) is 0 Å². The van der Waals surface area contributed by atoms with Crippen LogP contribution in [-0.2, 0) is 7.05 Å². The zero-order chi connectivity index (χ0) is 12.6. The molecule has 0 amide bonds. The van der Waals surface area contributed by atoms with Gasteiger partial charge in [0.1, 0.15) is 0 Å². The van der Waals surface area contributed by atoms with Crippen molar-refractivity contribution in [3.05, 3.63) is 16.9 Å². The minimum absolute atomic E-state index is 0.220. The summed E-state index contributed by atoms with van der Waals surface area (Å²) < 4.78 is 1.88. The molecule has 1 heterocycles. The maximum absolute atomic E-state index is 6.27. The van der Waals surface area contributed by atoms with E-state index in [2.05, 4.69) is 18.9 Å². The maximum atomic E-state index is 6.27. The minimum Gasteiger partial charge on any atom is -0.327 e. The second-order valence-corrected chi connectivity index (χ2v) is 6.00. The molecule has 17 heavy (non-hydrogen) atoms. The molecule has 1 aliphatic carbocycles. The highest BCUT2D eigenvalue weighted by atomic mass is 35.5. The summed E-state index contributed by atoms with van der Waals surface area (Å²) in [5.41, 5.74) is 7.39. The zero-order valence-electron chi connectivity index (χ0n) is 10.9. The number of halogens is 1. The standard InChI is InChI=1S/C13H22ClN3/c1-8(2)9-4-5-12(15)10(6-9)13-11(14)7-16-17(13)3/h7-10,12H,4-6,15H2,1-3H3. The molecule has 0 radical (unpaired) electrons. The molecule has 0 aliphatic heterocycles. The molecule has 0 saturated heterocycles. The molecule has 3 atom stereocenters. The Balaban J connectivity index is 2.24. The van der Waals surface area contributed by atoms with Gasteiger partial charge in [-0.05, 0) is 31.1 Å². The first-order chi connectivity index (χ1) is 8.00. The fourth-order valence-corrected chi connectivity index (χ4v) is 3.29. The van der Waals surface area contributed by atoms with Crippen molar-refractivity contribution in [3.8, 4) is 0 Å². The van der Waals surface area contributed by atoms with E-state index in [-0.39, 0.29) is 6.04 Å². The van der Waals surface area contributed by atoms with Crippen molar-refractivity contribution in [2.24, 2.45) is 24.6 Å². The van der Waals surface area contributed by atoms with Crippen molar-refractivity contribution in [3.63, 3.8) is 0 Å². The largest absolute Gasteiger partial charge is 0.327 e. The first-order valence-electron chi connectivity index (χ1n) is 6.43. The highest BCUT2D eigenvalue weighted by Crippen LogP contribution is 2.40. The van der Waals surface area contributed by atoms with E-state index >= 15 is 0 Å². The van der Waals surface area contributed by atoms with Gasteiger partial charge >= 0.3 is 0 Å². The number of aryl methyl sites for hydroxylation is 1. The van der Waals surface area contributed by atoms with Gasteiger partial charge in [-0.15, -0.1) is 0 Å². The lowest BCUT2D eigenvalue weighted by molar-refractivity contribution is 0.227. The number of hydrogen-bond donors (Lipinski definition) is 1. The summed E-state index contributed by atoms with van der Waals surface area (Å²) in [6, 6.07) is 0.220. The van der Waals surface area contributed by atoms with Crippen LogP contribution in [0.5, 0.6) is 0 Å². The fourth-order valence-electron chi connectivity index (χ4n) is 2.98. The molecular weight excluding hydrogens is 234 g/mol. The molecule has 3 nitrogen and oxygen atoms in total. The lowest BCUT2D eigenvalue weighted by Gasteiger charge is -2.36. The Morgan fingerprint density at radius 1 is 1.47 bits per heavy atom. The summed E-state index contributed by atoms with van der Waals surface area (Å²) in [5.74, 6) is 1.83. The van der Waals surface area contributed by atoms with Crippen LogP contribution in [0.2, 0.25) is 5.02 Å². The van der Waals surface area contributed by atoms with E-state index in [1.807, 2.05) is 11.7 Å². The maximum Gasteiger partial charge on any atom is 0.0821 e. The average molecular weight is 256 g/mol. The molecule has 2 rings (SSSR count). The van der Waals surface area contributed by atoms with Crippen LogP contribution >= 0.6 is 11.6 Å². The molecule has 1 aliphatic rings. The Labute approximate surface area is 108 Å². The third-order valence-corrected chi connectivity index (χ3v) is 4.47. The minimum atomic E-state index is 0.220. The van der Waals surface area contributed by atoms with Gasteiger partial charge < -0.3 is 5.73 Å². The second kappa shape index (κ2) is 4.99. The summed E-state index contributed by atoms with van der Waals surface area (Å²) in [4.78, 5) is 0. The predicted octanol–water partition coefficient (Wildman–Crippen LogP) is 2.94. The highest BCUT2D eigenvalue weighted by Gasteiger charge is 2.33. The van der Waals surface area contributed by atoms with E-state index in [0.29, 0.717) is 5.92 Å². The van der Waals surface area contributed by atoms with Gasteiger partial charge in [0.2, 0.25) is 0 Å². The predicted molar refractivity (Wildman–Crippen MR) is 71.1 cm³/mol. The number of rotatable bonds is 2. The normalized spacial score (nSPS) is 29.9. The van der Waals surface area contributed by atoms with Gasteiger partial charge in [0.05, 0.1) is 16.9 Å². The van der Waals surface area contributed by atoms with Gasteiger partial charge in [-0.2, -0.15) is 5.10 Å². The Morgan fingerprint density at radius 3 is 2.71 bits per heavy atom. The zero-order valence-corrected chi connectivity index (χ0v) is 11.6. The number of aromatic nitrogens is 2. The van der Waals surface area contributed by atoms with Crippen LogP contribution in [0.3, 0.4) is 0 Å². The van der Waals surface area contributed by atoms with Gasteiger partial charge in [-0.3, -0.25) is 4.68 Å². The smallest absolute Gasteiger partial charge is 0.0821 e. The first-order valence-corrected chi connectivity index (χ1v) is 6.81. The van der Waals surface area contributed by atoms with Crippen LogP contribution < -0.4 is 5.73 Å². The van der Waals surface area contributed by atoms with Crippen molar-refractivity contribution in [2.45, 2.75) is 45.1 Å². The second-order valence-electron chi connectivity index (χ2n) is 5.59. The Bertz CT molecular complexity index is 367. The van der Waals surface area contributed by atoms with Gasteiger partial charge in [0.25, 0.3) is 0 Å². The molecule has 3 unspecified atom stereocenters. The van der Waals surface area contributed by atoms with Crippen molar-refractivity contribution >= 4 is 11.6 Å². The summed E-state index contributed by atoms with van der Waals surface area (Å²) in [7, 11) is 1.95. The van der Waals surface area contributed by atoms with Crippen LogP contribution in [0.15, 0.2) is 6.20 Å². The van der Waals surface area contributed by atoms with Gasteiger partial charge in [-0.1, -0.05) is 25.4 Å². The summed E-state index contributed by atoms with van der Waals surface area (Å²) >= 11 is 6.23. The van der Waals surface area contributed by atoms with Crippen LogP contribution in [0, 0.1) is 11.8 Å². The monoisotopic (exact) mass is 255 g/mol. The fraction of sp³-hybridized carbons (Fsp3) is 0.769. The average Bonchev–Trinajstić information content (AvgIpc) is 2.59. The molecule has 1 fully saturated rings. The van der Waals surface area contributed by atoms with Gasteiger partial charge in [-0.25, -0.2) is 0 Å². The molecular formula is C13H22ClN3. The Hall–Kier alpha value is -0.540. The number of hydrogen-bond acceptors (Lipinski definition) is 2. The molecule has 2 N–H and O–H groups in total. The molecule has 96 valence electrons. The van der Waals surface area contributed by atoms with E-state index in [1.54, 1.807) is 6.20 Å². The van der Waals surface area contributed by atoms with Crippen LogP contribution in [0.1, 0.15) is 44.7 Å². The lowest BCUT2D eigenvalue weighted by Crippen LogP contribution is -2.37. The highest BCUT2D eigenvalue weighted by molar-refractivity contribution is 6.31. The molecule has 4 heteroatoms. The van der Waals surface area contributed by atoms with E-state index in [4.69, 9.17) is 17.3 Å². The van der Waals surface area contributed by atoms with E-state index < -0.39 is 0 Å². The van der Waals surface area contributed by atoms with E-state index in [1.165, 1.54) is 6.42 Å². The molecule has 1 aromatic heterocycles. The summed E-state index contributed by atoms with van der Waals surface area (Å²) in [6.45, 7) is 4.59. The van der Waals surface area contributed by atoms with Crippen molar-refractivity contribution in [1.82, 2.24) is 9.78 Å². The topological polar surface area (TPSA) is 43.8 Å². The molecule has 0 spiro atoms. The third-order valence-electron chi connectivity index (χ3n) is 4.18. The van der Waals surface area contributed by atoms with Gasteiger partial charge in [0.15, 0.2) is 0 Å². The van der Waals surface area contributed by atoms with Crippen molar-refractivity contribution in [2.75, 3.05) is 0 Å². The molecule has 1 saturated carbocycles. The molecule has 0 bridgehead atoms. The van der Waals surface area contributed by atoms with Crippen molar-refractivity contribution in [1.29, 1.82) is 0 Å². The van der Waals surface area contributed by atoms with Crippen LogP contribution in [-0.4, -0.2) is 15.8 Å². The first kappa shape index (κ1) is 12.9. The number of nitrogens with two attached hydrogens (primary N) is 1. The van der Waals surface area contributed by atoms with E-state index in [9.17, 15) is 0 Å². The van der Waals surface area contributed by atoms with Crippen molar-refractivity contribution < 1.29 is 0 Å². The number of nitrogens with zero attached hydrogens (tertiary/aromatic N) is 2. The summed E-state index contributed by atoms with van der Waals surface area (Å²) in [6.07, 6.45) is 5.19. The van der Waals surface area contributed by atoms with Gasteiger partial charge in [0, 0.05) is 19.0 Å². The van der Waals surface area contributed by atoms with Crippen LogP contribution in [0.25, 0.3) is 0 Å². The molecule has 1 aromatic rings.